The summed E-state index contributed by atoms with van der Waals surface area (Å²) in [5, 5.41) is 21.9. The average molecular weight is 525 g/mol. The number of nitro groups is 1. The number of para-hydroxylation sites is 1. The van der Waals surface area contributed by atoms with Crippen molar-refractivity contribution in [3.05, 3.63) is 99.0 Å². The van der Waals surface area contributed by atoms with E-state index in [4.69, 9.17) is 0 Å². The lowest BCUT2D eigenvalue weighted by molar-refractivity contribution is -0.385. The highest BCUT2D eigenvalue weighted by Crippen LogP contribution is 2.40. The smallest absolute Gasteiger partial charge is 0.354 e. The molecule has 1 aliphatic heterocycles. The minimum atomic E-state index is -4.20. The van der Waals surface area contributed by atoms with Gasteiger partial charge in [0, 0.05) is 23.1 Å². The number of non-ortho nitro benzene ring substituents is 1. The first-order valence-corrected chi connectivity index (χ1v) is 12.7. The quantitative estimate of drug-likeness (QED) is 0.278. The van der Waals surface area contributed by atoms with Crippen molar-refractivity contribution in [3.63, 3.8) is 0 Å². The third kappa shape index (κ3) is 4.14. The Hall–Kier alpha value is -4.45. The molecular formula is C25H21FN4O6S. The predicted molar refractivity (Wildman–Crippen MR) is 136 cm³/mol. The lowest BCUT2D eigenvalue weighted by Gasteiger charge is -2.31. The fourth-order valence-electron chi connectivity index (χ4n) is 4.59. The van der Waals surface area contributed by atoms with Crippen LogP contribution in [0.25, 0.3) is 10.9 Å². The Morgan fingerprint density at radius 1 is 1.16 bits per heavy atom. The topological polar surface area (TPSA) is 135 Å². The van der Waals surface area contributed by atoms with Crippen LogP contribution in [0.5, 0.6) is 0 Å². The van der Waals surface area contributed by atoms with E-state index in [0.717, 1.165) is 28.1 Å². The zero-order valence-corrected chi connectivity index (χ0v) is 20.3. The summed E-state index contributed by atoms with van der Waals surface area (Å²) < 4.78 is 46.2. The lowest BCUT2D eigenvalue weighted by atomic mass is 10.1. The van der Waals surface area contributed by atoms with E-state index in [1.54, 1.807) is 42.5 Å². The highest BCUT2D eigenvalue weighted by molar-refractivity contribution is 7.94. The molecule has 37 heavy (non-hydrogen) atoms. The molecule has 0 bridgehead atoms. The first kappa shape index (κ1) is 24.3. The molecule has 0 saturated heterocycles. The summed E-state index contributed by atoms with van der Waals surface area (Å²) in [6.45, 7) is 1.42. The summed E-state index contributed by atoms with van der Waals surface area (Å²) in [7, 11) is -4.20. The Labute approximate surface area is 210 Å². The summed E-state index contributed by atoms with van der Waals surface area (Å²) in [6, 6.07) is 14.9. The Kier molecular flexibility index (Phi) is 5.83. The third-order valence-corrected chi connectivity index (χ3v) is 7.76. The van der Waals surface area contributed by atoms with Gasteiger partial charge >= 0.3 is 16.2 Å². The van der Waals surface area contributed by atoms with Crippen molar-refractivity contribution in [2.75, 3.05) is 9.03 Å². The molecule has 12 heteroatoms. The van der Waals surface area contributed by atoms with Gasteiger partial charge in [-0.2, -0.15) is 8.42 Å². The maximum Gasteiger partial charge on any atom is 0.354 e. The van der Waals surface area contributed by atoms with E-state index in [1.165, 1.54) is 4.57 Å². The van der Waals surface area contributed by atoms with Gasteiger partial charge in [-0.15, -0.1) is 0 Å². The van der Waals surface area contributed by atoms with Gasteiger partial charge in [0.05, 0.1) is 34.9 Å². The van der Waals surface area contributed by atoms with Crippen molar-refractivity contribution in [2.24, 2.45) is 0 Å². The van der Waals surface area contributed by atoms with Crippen molar-refractivity contribution < 1.29 is 27.6 Å². The molecule has 1 aromatic heterocycles. The Morgan fingerprint density at radius 2 is 1.92 bits per heavy atom. The molecule has 0 saturated carbocycles. The minimum Gasteiger partial charge on any atom is -0.477 e. The number of nitrogens with zero attached hydrogens (tertiary/aromatic N) is 3. The molecule has 0 radical (unpaired) electrons. The van der Waals surface area contributed by atoms with Crippen LogP contribution in [0.1, 0.15) is 34.1 Å². The summed E-state index contributed by atoms with van der Waals surface area (Å²) in [4.78, 5) is 23.2. The number of nitrogens with one attached hydrogen (secondary N) is 1. The number of benzene rings is 3. The van der Waals surface area contributed by atoms with Gasteiger partial charge < -0.3 is 9.67 Å². The van der Waals surface area contributed by atoms with Crippen LogP contribution in [-0.2, 0) is 29.7 Å². The maximum atomic E-state index is 14.7. The van der Waals surface area contributed by atoms with Crippen molar-refractivity contribution in [2.45, 2.75) is 26.4 Å². The van der Waals surface area contributed by atoms with Crippen LogP contribution < -0.4 is 9.03 Å². The molecule has 3 aromatic carbocycles. The van der Waals surface area contributed by atoms with E-state index in [0.29, 0.717) is 28.6 Å². The SMILES string of the molecule is CCc1ccc2c(c1)c(N1Cc3ccccc3NS1(=O)=O)c(C(=O)O)n2Cc1cc([N+](=O)[O-])ccc1F. The Balaban J connectivity index is 1.78. The first-order chi connectivity index (χ1) is 17.6. The minimum absolute atomic E-state index is 0.0642. The fraction of sp³-hybridized carbons (Fsp3) is 0.160. The van der Waals surface area contributed by atoms with E-state index in [9.17, 15) is 32.8 Å². The third-order valence-electron chi connectivity index (χ3n) is 6.39. The lowest BCUT2D eigenvalue weighted by Crippen LogP contribution is -2.40. The molecule has 0 atom stereocenters. The largest absolute Gasteiger partial charge is 0.477 e. The maximum absolute atomic E-state index is 14.7. The number of hydrogen-bond acceptors (Lipinski definition) is 5. The van der Waals surface area contributed by atoms with E-state index in [-0.39, 0.29) is 35.7 Å². The molecule has 0 aliphatic carbocycles. The molecule has 0 amide bonds. The number of rotatable bonds is 6. The number of halogens is 1. The van der Waals surface area contributed by atoms with Gasteiger partial charge in [-0.3, -0.25) is 14.8 Å². The van der Waals surface area contributed by atoms with Crippen molar-refractivity contribution in [1.29, 1.82) is 0 Å². The molecule has 190 valence electrons. The van der Waals surface area contributed by atoms with Crippen LogP contribution in [0.15, 0.2) is 60.7 Å². The summed E-state index contributed by atoms with van der Waals surface area (Å²) >= 11 is 0. The molecule has 0 spiro atoms. The van der Waals surface area contributed by atoms with Crippen LogP contribution in [-0.4, -0.2) is 29.0 Å². The first-order valence-electron chi connectivity index (χ1n) is 11.3. The van der Waals surface area contributed by atoms with E-state index in [2.05, 4.69) is 4.72 Å². The van der Waals surface area contributed by atoms with Gasteiger partial charge in [0.15, 0.2) is 5.69 Å². The number of aryl methyl sites for hydroxylation is 1. The highest BCUT2D eigenvalue weighted by atomic mass is 32.2. The summed E-state index contributed by atoms with van der Waals surface area (Å²) in [5.74, 6) is -2.18. The molecule has 0 fully saturated rings. The number of carboxylic acid groups (broad SMARTS) is 1. The zero-order valence-electron chi connectivity index (χ0n) is 19.5. The van der Waals surface area contributed by atoms with Crippen LogP contribution in [0, 0.1) is 15.9 Å². The van der Waals surface area contributed by atoms with Crippen LogP contribution in [0.4, 0.5) is 21.5 Å². The monoisotopic (exact) mass is 524 g/mol. The van der Waals surface area contributed by atoms with Gasteiger partial charge in [-0.1, -0.05) is 31.2 Å². The second-order valence-corrected chi connectivity index (χ2v) is 10.2. The van der Waals surface area contributed by atoms with Crippen molar-refractivity contribution in [1.82, 2.24) is 4.57 Å². The number of hydrogen-bond donors (Lipinski definition) is 2. The Morgan fingerprint density at radius 3 is 2.62 bits per heavy atom. The Bertz CT molecular complexity index is 1700. The van der Waals surface area contributed by atoms with Crippen molar-refractivity contribution in [3.8, 4) is 0 Å². The number of aromatic carboxylic acids is 1. The summed E-state index contributed by atoms with van der Waals surface area (Å²) in [6.07, 6.45) is 0.607. The van der Waals surface area contributed by atoms with Gasteiger partial charge in [0.1, 0.15) is 5.82 Å². The highest BCUT2D eigenvalue weighted by Gasteiger charge is 2.36. The number of carboxylic acids is 1. The van der Waals surface area contributed by atoms with Gasteiger partial charge in [-0.05, 0) is 41.8 Å². The number of nitro benzene ring substituents is 1. The number of aromatic nitrogens is 1. The van der Waals surface area contributed by atoms with E-state index < -0.39 is 26.9 Å². The molecule has 2 N–H and O–H groups in total. The second kappa shape index (κ2) is 8.89. The number of carbonyl (C=O) groups is 1. The molecule has 10 nitrogen and oxygen atoms in total. The molecule has 0 unspecified atom stereocenters. The van der Waals surface area contributed by atoms with Crippen LogP contribution in [0.2, 0.25) is 0 Å². The predicted octanol–water partition coefficient (Wildman–Crippen LogP) is 4.67. The summed E-state index contributed by atoms with van der Waals surface area (Å²) in [5.41, 5.74) is 1.34. The second-order valence-electron chi connectivity index (χ2n) is 8.60. The van der Waals surface area contributed by atoms with Crippen LogP contribution >= 0.6 is 0 Å². The van der Waals surface area contributed by atoms with Gasteiger partial charge in [-0.25, -0.2) is 13.5 Å². The van der Waals surface area contributed by atoms with E-state index in [1.807, 2.05) is 6.92 Å². The van der Waals surface area contributed by atoms with Crippen LogP contribution in [0.3, 0.4) is 0 Å². The van der Waals surface area contributed by atoms with E-state index >= 15 is 0 Å². The molecule has 5 rings (SSSR count). The number of anilines is 2. The standard InChI is InChI=1S/C25H21FN4O6S/c1-2-15-7-10-22-19(11-15)23(29-14-16-5-3-4-6-21(16)27-37(29,35)36)24(25(31)32)28(22)13-17-12-18(30(33)34)8-9-20(17)26/h3-12,27H,2,13-14H2,1H3,(H,31,32). The molecular weight excluding hydrogens is 503 g/mol. The van der Waals surface area contributed by atoms with Gasteiger partial charge in [0.25, 0.3) is 5.69 Å². The van der Waals surface area contributed by atoms with Gasteiger partial charge in [0.2, 0.25) is 0 Å². The zero-order chi connectivity index (χ0) is 26.5. The molecule has 4 aromatic rings. The van der Waals surface area contributed by atoms with Crippen molar-refractivity contribution >= 4 is 44.1 Å². The number of fused-ring (bicyclic) bond motifs is 2. The fourth-order valence-corrected chi connectivity index (χ4v) is 5.92. The average Bonchev–Trinajstić information content (AvgIpc) is 3.17. The molecule has 2 heterocycles. The normalized spacial score (nSPS) is 14.3. The molecule has 1 aliphatic rings.